The number of halogens is 2. The van der Waals surface area contributed by atoms with Crippen LogP contribution in [0, 0.1) is 5.92 Å². The normalized spacial score (nSPS) is 21.6. The fourth-order valence-corrected chi connectivity index (χ4v) is 5.43. The summed E-state index contributed by atoms with van der Waals surface area (Å²) in [6, 6.07) is 13.5. The molecule has 2 aromatic carbocycles. The molecule has 5 rings (SSSR count). The van der Waals surface area contributed by atoms with Gasteiger partial charge < -0.3 is 15.0 Å². The molecule has 2 aliphatic heterocycles. The number of nitrogens with one attached hydrogen (secondary N) is 2. The van der Waals surface area contributed by atoms with E-state index in [1.165, 1.54) is 11.0 Å². The van der Waals surface area contributed by atoms with Crippen LogP contribution in [0.15, 0.2) is 48.5 Å². The zero-order valence-electron chi connectivity index (χ0n) is 20.6. The van der Waals surface area contributed by atoms with Gasteiger partial charge in [-0.1, -0.05) is 44.2 Å². The van der Waals surface area contributed by atoms with Gasteiger partial charge in [0.25, 0.3) is 5.91 Å². The Hall–Kier alpha value is -3.46. The van der Waals surface area contributed by atoms with Crippen molar-refractivity contribution in [2.24, 2.45) is 5.92 Å². The minimum atomic E-state index is -2.94. The lowest BCUT2D eigenvalue weighted by Gasteiger charge is -2.42. The first-order chi connectivity index (χ1) is 17.2. The first kappa shape index (κ1) is 24.2. The van der Waals surface area contributed by atoms with E-state index in [9.17, 15) is 18.4 Å². The topological polar surface area (TPSA) is 77.7 Å². The summed E-state index contributed by atoms with van der Waals surface area (Å²) in [7, 11) is 0. The number of benzene rings is 2. The van der Waals surface area contributed by atoms with Crippen molar-refractivity contribution >= 4 is 22.8 Å². The molecule has 2 aliphatic rings. The lowest BCUT2D eigenvalue weighted by Crippen LogP contribution is -2.53. The number of nitrogens with zero attached hydrogens (tertiary/aromatic N) is 2. The molecule has 0 unspecified atom stereocenters. The summed E-state index contributed by atoms with van der Waals surface area (Å²) in [5.41, 5.74) is 2.10. The van der Waals surface area contributed by atoms with Crippen molar-refractivity contribution < 1.29 is 23.1 Å². The number of urea groups is 1. The molecule has 3 amide bonds. The standard InChI is InChI=1S/C27H30F2N4O3/c1-16(2)15-30-11-12-32-24(34)27(3)14-20-19-13-18(36-25(28)29)9-10-21(19)31-22(20)23(33(27)26(32)35)17-7-5-4-6-8-17/h4-10,13,16,23,25,30-31H,11-12,14-15H2,1-3H3/t23-,27+/m1/s1. The molecule has 3 heterocycles. The zero-order valence-corrected chi connectivity index (χ0v) is 20.6. The SMILES string of the molecule is CC(C)CNCCN1C(=O)N2[C@H](c3ccccc3)c3[nH]c4ccc(OC(F)F)cc4c3C[C@@]2(C)C1=O. The molecule has 0 saturated carbocycles. The van der Waals surface area contributed by atoms with E-state index in [1.54, 1.807) is 24.0 Å². The maximum Gasteiger partial charge on any atom is 0.387 e. The van der Waals surface area contributed by atoms with E-state index < -0.39 is 18.2 Å². The predicted molar refractivity (Wildman–Crippen MR) is 132 cm³/mol. The molecule has 0 aliphatic carbocycles. The van der Waals surface area contributed by atoms with Crippen LogP contribution in [0.2, 0.25) is 0 Å². The van der Waals surface area contributed by atoms with Crippen molar-refractivity contribution in [1.82, 2.24) is 20.1 Å². The molecular formula is C27H30F2N4O3. The highest BCUT2D eigenvalue weighted by molar-refractivity contribution is 6.08. The van der Waals surface area contributed by atoms with Crippen LogP contribution < -0.4 is 10.1 Å². The van der Waals surface area contributed by atoms with Gasteiger partial charge in [0.2, 0.25) is 0 Å². The second-order valence-electron chi connectivity index (χ2n) is 10.1. The Bertz CT molecular complexity index is 1290. The van der Waals surface area contributed by atoms with Gasteiger partial charge in [-0.15, -0.1) is 0 Å². The summed E-state index contributed by atoms with van der Waals surface area (Å²) < 4.78 is 30.4. The van der Waals surface area contributed by atoms with Crippen molar-refractivity contribution in [3.8, 4) is 5.75 Å². The maximum atomic E-state index is 13.8. The first-order valence-electron chi connectivity index (χ1n) is 12.2. The molecule has 36 heavy (non-hydrogen) atoms. The number of amides is 3. The van der Waals surface area contributed by atoms with Crippen LogP contribution in [0.4, 0.5) is 13.6 Å². The van der Waals surface area contributed by atoms with Crippen molar-refractivity contribution in [2.45, 2.75) is 45.4 Å². The summed E-state index contributed by atoms with van der Waals surface area (Å²) in [5, 5.41) is 4.01. The highest BCUT2D eigenvalue weighted by atomic mass is 19.3. The van der Waals surface area contributed by atoms with Crippen LogP contribution in [0.1, 0.15) is 43.6 Å². The minimum Gasteiger partial charge on any atom is -0.435 e. The van der Waals surface area contributed by atoms with E-state index in [0.717, 1.165) is 28.9 Å². The monoisotopic (exact) mass is 496 g/mol. The zero-order chi connectivity index (χ0) is 25.6. The van der Waals surface area contributed by atoms with E-state index in [-0.39, 0.29) is 30.7 Å². The Morgan fingerprint density at radius 1 is 1.17 bits per heavy atom. The van der Waals surface area contributed by atoms with Gasteiger partial charge in [0.1, 0.15) is 17.3 Å². The summed E-state index contributed by atoms with van der Waals surface area (Å²) in [6.45, 7) is 4.64. The molecule has 0 bridgehead atoms. The van der Waals surface area contributed by atoms with E-state index >= 15 is 0 Å². The third-order valence-corrected chi connectivity index (χ3v) is 7.04. The van der Waals surface area contributed by atoms with Crippen molar-refractivity contribution in [1.29, 1.82) is 0 Å². The van der Waals surface area contributed by atoms with Crippen LogP contribution >= 0.6 is 0 Å². The molecule has 1 fully saturated rings. The van der Waals surface area contributed by atoms with Gasteiger partial charge in [-0.25, -0.2) is 4.79 Å². The molecule has 9 heteroatoms. The number of carbonyl (C=O) groups excluding carboxylic acids is 2. The second kappa shape index (κ2) is 9.20. The highest BCUT2D eigenvalue weighted by Crippen LogP contribution is 2.48. The van der Waals surface area contributed by atoms with Gasteiger partial charge in [-0.05, 0) is 48.7 Å². The Labute approximate surface area is 208 Å². The molecule has 190 valence electrons. The van der Waals surface area contributed by atoms with Crippen molar-refractivity contribution in [2.75, 3.05) is 19.6 Å². The Balaban J connectivity index is 1.59. The number of aromatic nitrogens is 1. The summed E-state index contributed by atoms with van der Waals surface area (Å²) in [6.07, 6.45) is 0.268. The number of aromatic amines is 1. The molecular weight excluding hydrogens is 466 g/mol. The number of hydrogen-bond acceptors (Lipinski definition) is 4. The molecule has 1 aromatic heterocycles. The van der Waals surface area contributed by atoms with E-state index in [4.69, 9.17) is 0 Å². The van der Waals surface area contributed by atoms with E-state index in [1.807, 2.05) is 30.3 Å². The smallest absolute Gasteiger partial charge is 0.387 e. The number of rotatable bonds is 8. The van der Waals surface area contributed by atoms with Crippen molar-refractivity contribution in [3.63, 3.8) is 0 Å². The highest BCUT2D eigenvalue weighted by Gasteiger charge is 2.60. The third kappa shape index (κ3) is 4.01. The van der Waals surface area contributed by atoms with Gasteiger partial charge in [0.05, 0.1) is 0 Å². The predicted octanol–water partition coefficient (Wildman–Crippen LogP) is 4.68. The fraction of sp³-hybridized carbons (Fsp3) is 0.407. The van der Waals surface area contributed by atoms with Crippen LogP contribution in [0.25, 0.3) is 10.9 Å². The number of hydrogen-bond donors (Lipinski definition) is 2. The van der Waals surface area contributed by atoms with Crippen molar-refractivity contribution in [3.05, 3.63) is 65.4 Å². The number of fused-ring (bicyclic) bond motifs is 4. The first-order valence-corrected chi connectivity index (χ1v) is 12.2. The lowest BCUT2D eigenvalue weighted by atomic mass is 9.81. The molecule has 3 aromatic rings. The summed E-state index contributed by atoms with van der Waals surface area (Å²) in [5.74, 6) is 0.258. The summed E-state index contributed by atoms with van der Waals surface area (Å²) >= 11 is 0. The Kier molecular flexibility index (Phi) is 6.20. The maximum absolute atomic E-state index is 13.8. The fourth-order valence-electron chi connectivity index (χ4n) is 5.43. The van der Waals surface area contributed by atoms with Gasteiger partial charge in [0, 0.05) is 36.1 Å². The van der Waals surface area contributed by atoms with E-state index in [2.05, 4.69) is 28.9 Å². The quantitative estimate of drug-likeness (QED) is 0.351. The molecule has 2 atom stereocenters. The average Bonchev–Trinajstić information content (AvgIpc) is 3.27. The number of imide groups is 1. The number of alkyl halides is 2. The van der Waals surface area contributed by atoms with Crippen LogP contribution in [-0.2, 0) is 11.2 Å². The number of ether oxygens (including phenoxy) is 1. The van der Waals surface area contributed by atoms with Gasteiger partial charge in [0.15, 0.2) is 0 Å². The van der Waals surface area contributed by atoms with Crippen LogP contribution in [0.5, 0.6) is 5.75 Å². The van der Waals surface area contributed by atoms with Gasteiger partial charge >= 0.3 is 12.6 Å². The molecule has 2 N–H and O–H groups in total. The average molecular weight is 497 g/mol. The Morgan fingerprint density at radius 2 is 1.92 bits per heavy atom. The molecule has 0 spiro atoms. The number of H-pyrrole nitrogens is 1. The third-order valence-electron chi connectivity index (χ3n) is 7.04. The summed E-state index contributed by atoms with van der Waals surface area (Å²) in [4.78, 5) is 33.9. The van der Waals surface area contributed by atoms with Gasteiger partial charge in [-0.3, -0.25) is 14.6 Å². The van der Waals surface area contributed by atoms with Crippen LogP contribution in [0.3, 0.4) is 0 Å². The number of carbonyl (C=O) groups is 2. The van der Waals surface area contributed by atoms with Gasteiger partial charge in [-0.2, -0.15) is 8.78 Å². The molecule has 7 nitrogen and oxygen atoms in total. The second-order valence-corrected chi connectivity index (χ2v) is 10.1. The molecule has 0 radical (unpaired) electrons. The molecule has 1 saturated heterocycles. The van der Waals surface area contributed by atoms with E-state index in [0.29, 0.717) is 17.8 Å². The largest absolute Gasteiger partial charge is 0.435 e. The van der Waals surface area contributed by atoms with Crippen LogP contribution in [-0.4, -0.2) is 58.5 Å². The minimum absolute atomic E-state index is 0.0508. The lowest BCUT2D eigenvalue weighted by molar-refractivity contribution is -0.133. The Morgan fingerprint density at radius 3 is 2.61 bits per heavy atom.